The van der Waals surface area contributed by atoms with Gasteiger partial charge >= 0.3 is 0 Å². The maximum atomic E-state index is 4.99. The first kappa shape index (κ1) is 8.35. The number of rotatable bonds is 4. The molecule has 0 saturated heterocycles. The zero-order chi connectivity index (χ0) is 6.41. The molecule has 0 nitrogen and oxygen atoms in total. The lowest BCUT2D eigenvalue weighted by atomic mass is 10.2. The second-order valence-electron chi connectivity index (χ2n) is 2.31. The summed E-state index contributed by atoms with van der Waals surface area (Å²) in [6.07, 6.45) is 5.20. The van der Waals surface area contributed by atoms with Gasteiger partial charge in [0.25, 0.3) is 0 Å². The Balaban J connectivity index is 2.72. The van der Waals surface area contributed by atoms with Gasteiger partial charge in [0.1, 0.15) is 0 Å². The second kappa shape index (κ2) is 5.49. The Kier molecular flexibility index (Phi) is 5.73. The quantitative estimate of drug-likeness (QED) is 0.514. The third kappa shape index (κ3) is 6.35. The molecule has 1 atom stereocenters. The van der Waals surface area contributed by atoms with Crippen LogP contribution in [0.15, 0.2) is 0 Å². The average molecular weight is 131 g/mol. The van der Waals surface area contributed by atoms with Crippen LogP contribution in [0.2, 0.25) is 0 Å². The Morgan fingerprint density at radius 3 is 2.38 bits per heavy atom. The molecule has 0 saturated carbocycles. The van der Waals surface area contributed by atoms with Crippen molar-refractivity contribution in [3.05, 3.63) is 0 Å². The second-order valence-corrected chi connectivity index (χ2v) is 3.11. The highest BCUT2D eigenvalue weighted by Crippen LogP contribution is 2.06. The first-order valence-electron chi connectivity index (χ1n) is 3.43. The van der Waals surface area contributed by atoms with Gasteiger partial charge < -0.3 is 0 Å². The molecule has 1 heteroatoms. The fraction of sp³-hybridized carbons (Fsp3) is 1.00. The monoisotopic (exact) mass is 131 g/mol. The summed E-state index contributed by atoms with van der Waals surface area (Å²) in [4.78, 5) is 0. The van der Waals surface area contributed by atoms with Crippen molar-refractivity contribution < 1.29 is 0 Å². The van der Waals surface area contributed by atoms with Crippen LogP contribution in [-0.4, -0.2) is 5.25 Å². The Morgan fingerprint density at radius 2 is 2.00 bits per heavy atom. The third-order valence-electron chi connectivity index (χ3n) is 1.21. The van der Waals surface area contributed by atoms with Crippen LogP contribution in [0.1, 0.15) is 39.5 Å². The summed E-state index contributed by atoms with van der Waals surface area (Å²) in [7, 11) is 0. The number of unbranched alkanes of at least 4 members (excludes halogenated alkanes) is 2. The van der Waals surface area contributed by atoms with E-state index in [9.17, 15) is 0 Å². The van der Waals surface area contributed by atoms with Gasteiger partial charge in [0, 0.05) is 5.25 Å². The zero-order valence-corrected chi connectivity index (χ0v) is 6.63. The van der Waals surface area contributed by atoms with Crippen LogP contribution in [-0.2, 0) is 0 Å². The van der Waals surface area contributed by atoms with E-state index in [0.29, 0.717) is 5.25 Å². The maximum absolute atomic E-state index is 4.99. The van der Waals surface area contributed by atoms with Gasteiger partial charge in [-0.2, -0.15) is 0 Å². The van der Waals surface area contributed by atoms with Crippen molar-refractivity contribution in [3.63, 3.8) is 0 Å². The Labute approximate surface area is 58.1 Å². The zero-order valence-electron chi connectivity index (χ0n) is 5.81. The van der Waals surface area contributed by atoms with E-state index < -0.39 is 0 Å². The van der Waals surface area contributed by atoms with Crippen LogP contribution in [0.25, 0.3) is 0 Å². The number of hydrogen-bond acceptors (Lipinski definition) is 0. The summed E-state index contributed by atoms with van der Waals surface area (Å²) < 4.78 is 0. The van der Waals surface area contributed by atoms with Gasteiger partial charge in [-0.15, -0.1) is 0 Å². The molecule has 0 aliphatic carbocycles. The predicted molar refractivity (Wildman–Crippen MR) is 41.2 cm³/mol. The lowest BCUT2D eigenvalue weighted by Crippen LogP contribution is -1.88. The summed E-state index contributed by atoms with van der Waals surface area (Å²) in [5.41, 5.74) is 0. The maximum Gasteiger partial charge on any atom is 0.0123 e. The smallest absolute Gasteiger partial charge is 0.0123 e. The van der Waals surface area contributed by atoms with Crippen LogP contribution in [0, 0.1) is 0 Å². The highest BCUT2D eigenvalue weighted by molar-refractivity contribution is 7.80. The van der Waals surface area contributed by atoms with Gasteiger partial charge in [-0.3, -0.25) is 0 Å². The fourth-order valence-electron chi connectivity index (χ4n) is 0.682. The van der Waals surface area contributed by atoms with Crippen LogP contribution < -0.4 is 0 Å². The van der Waals surface area contributed by atoms with Gasteiger partial charge in [0.05, 0.1) is 0 Å². The molecule has 1 unspecified atom stereocenters. The van der Waals surface area contributed by atoms with Crippen molar-refractivity contribution in [1.82, 2.24) is 0 Å². The normalized spacial score (nSPS) is 13.9. The van der Waals surface area contributed by atoms with Crippen molar-refractivity contribution in [3.8, 4) is 0 Å². The van der Waals surface area contributed by atoms with E-state index in [1.165, 1.54) is 25.7 Å². The highest BCUT2D eigenvalue weighted by atomic mass is 32.1. The van der Waals surface area contributed by atoms with Gasteiger partial charge in [-0.05, 0) is 6.42 Å². The van der Waals surface area contributed by atoms with E-state index in [1.807, 2.05) is 0 Å². The van der Waals surface area contributed by atoms with E-state index in [1.54, 1.807) is 0 Å². The lowest BCUT2D eigenvalue weighted by Gasteiger charge is -1.98. The van der Waals surface area contributed by atoms with Gasteiger partial charge in [0.2, 0.25) is 0 Å². The molecule has 8 heavy (non-hydrogen) atoms. The largest absolute Gasteiger partial charge is 0.0907 e. The Morgan fingerprint density at radius 1 is 1.38 bits per heavy atom. The fourth-order valence-corrected chi connectivity index (χ4v) is 0.848. The van der Waals surface area contributed by atoms with Gasteiger partial charge in [-0.1, -0.05) is 45.7 Å². The van der Waals surface area contributed by atoms with Crippen molar-refractivity contribution in [1.29, 1.82) is 0 Å². The van der Waals surface area contributed by atoms with Crippen molar-refractivity contribution >= 4 is 12.6 Å². The standard InChI is InChI=1S/C7H15S/c1-3-4-5-6-7(2)8/h7H,3-6H2,1-2H3. The minimum absolute atomic E-state index is 0.488. The van der Waals surface area contributed by atoms with E-state index in [-0.39, 0.29) is 0 Å². The van der Waals surface area contributed by atoms with E-state index >= 15 is 0 Å². The average Bonchev–Trinajstić information content (AvgIpc) is 1.66. The van der Waals surface area contributed by atoms with E-state index in [0.717, 1.165) is 0 Å². The molecule has 0 N–H and O–H groups in total. The van der Waals surface area contributed by atoms with Crippen LogP contribution in [0.4, 0.5) is 0 Å². The topological polar surface area (TPSA) is 0 Å². The van der Waals surface area contributed by atoms with Gasteiger partial charge in [0.15, 0.2) is 0 Å². The summed E-state index contributed by atoms with van der Waals surface area (Å²) in [5, 5.41) is 0.488. The third-order valence-corrected chi connectivity index (χ3v) is 1.45. The molecular formula is C7H15S. The molecule has 0 heterocycles. The molecule has 0 aromatic rings. The lowest BCUT2D eigenvalue weighted by molar-refractivity contribution is 0.666. The first-order valence-corrected chi connectivity index (χ1v) is 3.90. The van der Waals surface area contributed by atoms with Crippen LogP contribution >= 0.6 is 12.6 Å². The van der Waals surface area contributed by atoms with Crippen molar-refractivity contribution in [2.45, 2.75) is 44.8 Å². The minimum Gasteiger partial charge on any atom is -0.0907 e. The molecule has 0 aromatic heterocycles. The highest BCUT2D eigenvalue weighted by Gasteiger charge is 1.92. The molecule has 0 fully saturated rings. The summed E-state index contributed by atoms with van der Waals surface area (Å²) in [6, 6.07) is 0. The molecule has 49 valence electrons. The van der Waals surface area contributed by atoms with Gasteiger partial charge in [-0.25, -0.2) is 0 Å². The molecule has 0 aromatic carbocycles. The Hall–Kier alpha value is 0.350. The minimum atomic E-state index is 0.488. The summed E-state index contributed by atoms with van der Waals surface area (Å²) in [6.45, 7) is 4.32. The van der Waals surface area contributed by atoms with Crippen LogP contribution in [0.3, 0.4) is 0 Å². The summed E-state index contributed by atoms with van der Waals surface area (Å²) in [5.74, 6) is 0. The van der Waals surface area contributed by atoms with Crippen molar-refractivity contribution in [2.24, 2.45) is 0 Å². The SMILES string of the molecule is CCCCCC(C)[S]. The first-order chi connectivity index (χ1) is 3.77. The predicted octanol–water partition coefficient (Wildman–Crippen LogP) is 3.15. The molecule has 0 aliphatic rings. The van der Waals surface area contributed by atoms with E-state index in [4.69, 9.17) is 12.6 Å². The number of hydrogen-bond donors (Lipinski definition) is 0. The Bertz CT molecular complexity index is 41.7. The van der Waals surface area contributed by atoms with E-state index in [2.05, 4.69) is 13.8 Å². The molecule has 1 radical (unpaired) electrons. The van der Waals surface area contributed by atoms with Crippen LogP contribution in [0.5, 0.6) is 0 Å². The summed E-state index contributed by atoms with van der Waals surface area (Å²) >= 11 is 4.99. The molecule has 0 spiro atoms. The molecular weight excluding hydrogens is 116 g/mol. The molecule has 0 amide bonds. The molecule has 0 rings (SSSR count). The molecule has 0 aliphatic heterocycles. The van der Waals surface area contributed by atoms with Crippen molar-refractivity contribution in [2.75, 3.05) is 0 Å². The molecule has 0 bridgehead atoms.